The van der Waals surface area contributed by atoms with Crippen LogP contribution in [0.15, 0.2) is 60.7 Å². The van der Waals surface area contributed by atoms with Crippen molar-refractivity contribution in [3.8, 4) is 0 Å². The summed E-state index contributed by atoms with van der Waals surface area (Å²) >= 11 is 0. The van der Waals surface area contributed by atoms with E-state index in [1.54, 1.807) is 0 Å². The van der Waals surface area contributed by atoms with Crippen LogP contribution in [0.2, 0.25) is 0 Å². The Bertz CT molecular complexity index is 941. The number of aromatic nitrogens is 4. The minimum atomic E-state index is 0.232. The van der Waals surface area contributed by atoms with Crippen LogP contribution in [0.4, 0.5) is 0 Å². The fraction of sp³-hybridized carbons (Fsp3) is 0.500. The summed E-state index contributed by atoms with van der Waals surface area (Å²) in [4.78, 5) is 5.17. The molecule has 0 amide bonds. The zero-order chi connectivity index (χ0) is 22.5. The lowest BCUT2D eigenvalue weighted by molar-refractivity contribution is 0.0668. The lowest BCUT2D eigenvalue weighted by Crippen LogP contribution is -2.49. The Morgan fingerprint density at radius 2 is 1.55 bits per heavy atom. The molecule has 0 N–H and O–H groups in total. The fourth-order valence-corrected chi connectivity index (χ4v) is 5.36. The molecule has 3 aromatic rings. The SMILES string of the molecule is CCC(c1nnnn1CC1CCCO1)N1CCN(C(c2ccccc2)c2ccccc2)CC1. The van der Waals surface area contributed by atoms with E-state index in [-0.39, 0.29) is 18.2 Å². The molecule has 0 radical (unpaired) electrons. The topological polar surface area (TPSA) is 59.3 Å². The van der Waals surface area contributed by atoms with Gasteiger partial charge in [-0.15, -0.1) is 5.10 Å². The third-order valence-electron chi connectivity index (χ3n) is 7.03. The summed E-state index contributed by atoms with van der Waals surface area (Å²) in [5, 5.41) is 12.8. The molecule has 2 unspecified atom stereocenters. The number of benzene rings is 2. The van der Waals surface area contributed by atoms with E-state index >= 15 is 0 Å². The van der Waals surface area contributed by atoms with E-state index in [1.165, 1.54) is 11.1 Å². The molecule has 2 saturated heterocycles. The van der Waals surface area contributed by atoms with Crippen molar-refractivity contribution in [3.05, 3.63) is 77.6 Å². The first-order valence-electron chi connectivity index (χ1n) is 12.3. The lowest BCUT2D eigenvalue weighted by atomic mass is 9.96. The van der Waals surface area contributed by atoms with E-state index in [0.717, 1.165) is 64.4 Å². The summed E-state index contributed by atoms with van der Waals surface area (Å²) in [6.45, 7) is 7.87. The quantitative estimate of drug-likeness (QED) is 0.526. The smallest absolute Gasteiger partial charge is 0.168 e. The van der Waals surface area contributed by atoms with Gasteiger partial charge in [0.15, 0.2) is 5.82 Å². The Hall–Kier alpha value is -2.61. The van der Waals surface area contributed by atoms with Crippen molar-refractivity contribution in [2.24, 2.45) is 0 Å². The average Bonchev–Trinajstić information content (AvgIpc) is 3.55. The Labute approximate surface area is 196 Å². The molecule has 2 aliphatic heterocycles. The summed E-state index contributed by atoms with van der Waals surface area (Å²) in [5.74, 6) is 0.976. The number of piperazine rings is 1. The molecule has 33 heavy (non-hydrogen) atoms. The predicted octanol–water partition coefficient (Wildman–Crippen LogP) is 3.71. The minimum absolute atomic E-state index is 0.232. The molecule has 7 nitrogen and oxygen atoms in total. The van der Waals surface area contributed by atoms with Crippen molar-refractivity contribution in [1.29, 1.82) is 0 Å². The van der Waals surface area contributed by atoms with Crippen molar-refractivity contribution >= 4 is 0 Å². The van der Waals surface area contributed by atoms with Crippen molar-refractivity contribution in [2.45, 2.75) is 50.9 Å². The van der Waals surface area contributed by atoms with E-state index in [2.05, 4.69) is 92.9 Å². The van der Waals surface area contributed by atoms with Gasteiger partial charge in [0.1, 0.15) is 0 Å². The number of hydrogen-bond acceptors (Lipinski definition) is 6. The molecule has 2 fully saturated rings. The molecular weight excluding hydrogens is 412 g/mol. The summed E-state index contributed by atoms with van der Waals surface area (Å²) in [6.07, 6.45) is 3.45. The standard InChI is InChI=1S/C26H34N6O/c1-2-24(26-27-28-29-32(26)20-23-14-9-19-33-23)30-15-17-31(18-16-30)25(21-10-5-3-6-11-21)22-12-7-4-8-13-22/h3-8,10-13,23-25H,2,9,14-20H2,1H3. The van der Waals surface area contributed by atoms with Crippen molar-refractivity contribution in [3.63, 3.8) is 0 Å². The molecule has 174 valence electrons. The van der Waals surface area contributed by atoms with Gasteiger partial charge in [-0.1, -0.05) is 67.6 Å². The maximum absolute atomic E-state index is 5.83. The fourth-order valence-electron chi connectivity index (χ4n) is 5.36. The number of ether oxygens (including phenoxy) is 1. The van der Waals surface area contributed by atoms with E-state index < -0.39 is 0 Å². The molecule has 2 aromatic carbocycles. The third kappa shape index (κ3) is 5.00. The molecular formula is C26H34N6O. The summed E-state index contributed by atoms with van der Waals surface area (Å²) in [5.41, 5.74) is 2.70. The van der Waals surface area contributed by atoms with Crippen molar-refractivity contribution in [1.82, 2.24) is 30.0 Å². The van der Waals surface area contributed by atoms with Gasteiger partial charge in [-0.05, 0) is 40.8 Å². The van der Waals surface area contributed by atoms with Gasteiger partial charge < -0.3 is 4.74 Å². The Morgan fingerprint density at radius 1 is 0.909 bits per heavy atom. The predicted molar refractivity (Wildman–Crippen MR) is 128 cm³/mol. The molecule has 7 heteroatoms. The molecule has 1 aromatic heterocycles. The highest BCUT2D eigenvalue weighted by Crippen LogP contribution is 2.31. The second kappa shape index (κ2) is 10.5. The van der Waals surface area contributed by atoms with Gasteiger partial charge in [0.25, 0.3) is 0 Å². The number of tetrazole rings is 1. The average molecular weight is 447 g/mol. The zero-order valence-electron chi connectivity index (χ0n) is 19.5. The van der Waals surface area contributed by atoms with Crippen LogP contribution >= 0.6 is 0 Å². The molecule has 0 saturated carbocycles. The van der Waals surface area contributed by atoms with E-state index in [0.29, 0.717) is 0 Å². The number of nitrogens with zero attached hydrogens (tertiary/aromatic N) is 6. The third-order valence-corrected chi connectivity index (χ3v) is 7.03. The van der Waals surface area contributed by atoms with Crippen LogP contribution in [-0.4, -0.2) is 68.9 Å². The van der Waals surface area contributed by atoms with Crippen LogP contribution < -0.4 is 0 Å². The highest BCUT2D eigenvalue weighted by molar-refractivity contribution is 5.32. The van der Waals surface area contributed by atoms with Crippen molar-refractivity contribution < 1.29 is 4.74 Å². The van der Waals surface area contributed by atoms with Gasteiger partial charge >= 0.3 is 0 Å². The lowest BCUT2D eigenvalue weighted by Gasteiger charge is -2.42. The number of hydrogen-bond donors (Lipinski definition) is 0. The molecule has 5 rings (SSSR count). The van der Waals surface area contributed by atoms with Crippen LogP contribution in [0.25, 0.3) is 0 Å². The monoisotopic (exact) mass is 446 g/mol. The molecule has 2 atom stereocenters. The number of rotatable bonds is 8. The van der Waals surface area contributed by atoms with Crippen LogP contribution in [0, 0.1) is 0 Å². The first-order chi connectivity index (χ1) is 16.3. The first-order valence-corrected chi connectivity index (χ1v) is 12.3. The van der Waals surface area contributed by atoms with Gasteiger partial charge in [-0.25, -0.2) is 4.68 Å². The Kier molecular flexibility index (Phi) is 7.09. The molecule has 0 spiro atoms. The van der Waals surface area contributed by atoms with Gasteiger partial charge in [0.05, 0.1) is 24.7 Å². The van der Waals surface area contributed by atoms with Gasteiger partial charge in [-0.2, -0.15) is 0 Å². The molecule has 3 heterocycles. The summed E-state index contributed by atoms with van der Waals surface area (Å²) in [7, 11) is 0. The Morgan fingerprint density at radius 3 is 2.12 bits per heavy atom. The Balaban J connectivity index is 1.30. The van der Waals surface area contributed by atoms with Crippen LogP contribution in [0.5, 0.6) is 0 Å². The van der Waals surface area contributed by atoms with Crippen molar-refractivity contribution in [2.75, 3.05) is 32.8 Å². The molecule has 0 bridgehead atoms. The van der Waals surface area contributed by atoms with E-state index in [9.17, 15) is 0 Å². The highest BCUT2D eigenvalue weighted by Gasteiger charge is 2.32. The molecule has 2 aliphatic rings. The molecule has 0 aliphatic carbocycles. The maximum atomic E-state index is 5.83. The summed E-state index contributed by atoms with van der Waals surface area (Å²) < 4.78 is 7.81. The largest absolute Gasteiger partial charge is 0.376 e. The summed E-state index contributed by atoms with van der Waals surface area (Å²) in [6, 6.07) is 22.3. The minimum Gasteiger partial charge on any atom is -0.376 e. The van der Waals surface area contributed by atoms with E-state index in [1.807, 2.05) is 4.68 Å². The second-order valence-corrected chi connectivity index (χ2v) is 9.07. The van der Waals surface area contributed by atoms with Crippen LogP contribution in [0.1, 0.15) is 55.2 Å². The normalized spacial score (nSPS) is 21.0. The van der Waals surface area contributed by atoms with Crippen LogP contribution in [0.3, 0.4) is 0 Å². The van der Waals surface area contributed by atoms with Gasteiger partial charge in [-0.3, -0.25) is 9.80 Å². The maximum Gasteiger partial charge on any atom is 0.168 e. The second-order valence-electron chi connectivity index (χ2n) is 9.07. The van der Waals surface area contributed by atoms with E-state index in [4.69, 9.17) is 4.74 Å². The van der Waals surface area contributed by atoms with Gasteiger partial charge in [0, 0.05) is 32.8 Å². The van der Waals surface area contributed by atoms with Crippen LogP contribution in [-0.2, 0) is 11.3 Å². The highest BCUT2D eigenvalue weighted by atomic mass is 16.5. The first kappa shape index (κ1) is 22.2. The zero-order valence-corrected chi connectivity index (χ0v) is 19.5. The van der Waals surface area contributed by atoms with Gasteiger partial charge in [0.2, 0.25) is 0 Å².